The number of anilines is 1. The Kier molecular flexibility index (Phi) is 5.37. The summed E-state index contributed by atoms with van der Waals surface area (Å²) in [6.45, 7) is 5.77. The van der Waals surface area contributed by atoms with E-state index in [1.165, 1.54) is 0 Å². The quantitative estimate of drug-likeness (QED) is 0.795. The lowest BCUT2D eigenvalue weighted by Crippen LogP contribution is -2.15. The van der Waals surface area contributed by atoms with Crippen LogP contribution >= 0.6 is 15.9 Å². The number of nitrogens with one attached hydrogen (secondary N) is 1. The van der Waals surface area contributed by atoms with Gasteiger partial charge in [-0.3, -0.25) is 4.72 Å². The van der Waals surface area contributed by atoms with Gasteiger partial charge in [-0.1, -0.05) is 26.0 Å². The monoisotopic (exact) mass is 397 g/mol. The van der Waals surface area contributed by atoms with Gasteiger partial charge in [-0.15, -0.1) is 0 Å². The molecule has 2 aromatic carbocycles. The van der Waals surface area contributed by atoms with Gasteiger partial charge in [-0.05, 0) is 64.2 Å². The first-order valence-electron chi connectivity index (χ1n) is 7.22. The molecule has 0 saturated heterocycles. The molecular formula is C17H20BrNO3S. The lowest BCUT2D eigenvalue weighted by molar-refractivity contribution is 0.406. The van der Waals surface area contributed by atoms with Gasteiger partial charge < -0.3 is 4.74 Å². The summed E-state index contributed by atoms with van der Waals surface area (Å²) >= 11 is 3.35. The number of para-hydroxylation sites is 1. The van der Waals surface area contributed by atoms with E-state index in [2.05, 4.69) is 20.7 Å². The average molecular weight is 398 g/mol. The van der Waals surface area contributed by atoms with Crippen molar-refractivity contribution in [2.24, 2.45) is 0 Å². The molecule has 23 heavy (non-hydrogen) atoms. The number of hydrogen-bond donors (Lipinski definition) is 1. The van der Waals surface area contributed by atoms with Gasteiger partial charge in [0.15, 0.2) is 0 Å². The lowest BCUT2D eigenvalue weighted by Gasteiger charge is -2.17. The molecule has 0 amide bonds. The van der Waals surface area contributed by atoms with Crippen LogP contribution in [0.5, 0.6) is 5.75 Å². The van der Waals surface area contributed by atoms with E-state index in [0.29, 0.717) is 21.5 Å². The molecule has 0 fully saturated rings. The van der Waals surface area contributed by atoms with Crippen molar-refractivity contribution < 1.29 is 13.2 Å². The second-order valence-corrected chi connectivity index (χ2v) is 8.10. The van der Waals surface area contributed by atoms with Crippen LogP contribution in [0.4, 0.5) is 5.69 Å². The van der Waals surface area contributed by atoms with Crippen molar-refractivity contribution in [3.05, 3.63) is 52.0 Å². The van der Waals surface area contributed by atoms with Crippen molar-refractivity contribution in [2.45, 2.75) is 31.6 Å². The normalized spacial score (nSPS) is 11.6. The molecule has 0 aliphatic rings. The van der Waals surface area contributed by atoms with Crippen molar-refractivity contribution in [3.8, 4) is 5.75 Å². The van der Waals surface area contributed by atoms with E-state index in [9.17, 15) is 8.42 Å². The van der Waals surface area contributed by atoms with Crippen LogP contribution in [0.2, 0.25) is 0 Å². The Morgan fingerprint density at radius 2 is 1.83 bits per heavy atom. The summed E-state index contributed by atoms with van der Waals surface area (Å²) in [5.74, 6) is 0.861. The maximum atomic E-state index is 12.8. The molecule has 2 rings (SSSR count). The topological polar surface area (TPSA) is 55.4 Å². The third-order valence-electron chi connectivity index (χ3n) is 3.56. The number of ether oxygens (including phenoxy) is 1. The van der Waals surface area contributed by atoms with Crippen LogP contribution in [0.15, 0.2) is 45.8 Å². The molecular weight excluding hydrogens is 378 g/mol. The highest BCUT2D eigenvalue weighted by Crippen LogP contribution is 2.33. The minimum atomic E-state index is -3.68. The molecule has 1 N–H and O–H groups in total. The molecule has 0 aliphatic heterocycles. The molecule has 0 spiro atoms. The first-order chi connectivity index (χ1) is 10.8. The zero-order valence-corrected chi connectivity index (χ0v) is 16.0. The van der Waals surface area contributed by atoms with Crippen molar-refractivity contribution in [3.63, 3.8) is 0 Å². The molecule has 4 nitrogen and oxygen atoms in total. The standard InChI is InChI=1S/C17H20BrNO3S/c1-11(2)13-10-17(12(3)9-16(13)22-4)23(20,21)19-15-8-6-5-7-14(15)18/h5-11,19H,1-4H3. The molecule has 0 atom stereocenters. The van der Waals surface area contributed by atoms with Gasteiger partial charge in [0.05, 0.1) is 17.7 Å². The summed E-state index contributed by atoms with van der Waals surface area (Å²) in [4.78, 5) is 0.262. The lowest BCUT2D eigenvalue weighted by atomic mass is 10.0. The predicted octanol–water partition coefficient (Wildman–Crippen LogP) is 4.69. The smallest absolute Gasteiger partial charge is 0.262 e. The Bertz CT molecular complexity index is 817. The average Bonchev–Trinajstić information content (AvgIpc) is 2.48. The van der Waals surface area contributed by atoms with Gasteiger partial charge in [0.25, 0.3) is 10.0 Å². The highest BCUT2D eigenvalue weighted by molar-refractivity contribution is 9.10. The fourth-order valence-electron chi connectivity index (χ4n) is 2.34. The van der Waals surface area contributed by atoms with Crippen molar-refractivity contribution in [1.82, 2.24) is 0 Å². The Labute approximate surface area is 146 Å². The van der Waals surface area contributed by atoms with Gasteiger partial charge in [-0.2, -0.15) is 0 Å². The summed E-state index contributed by atoms with van der Waals surface area (Å²) in [6.07, 6.45) is 0. The van der Waals surface area contributed by atoms with E-state index >= 15 is 0 Å². The Morgan fingerprint density at radius 1 is 1.17 bits per heavy atom. The minimum Gasteiger partial charge on any atom is -0.496 e. The summed E-state index contributed by atoms with van der Waals surface area (Å²) in [5.41, 5.74) is 2.02. The maximum absolute atomic E-state index is 12.8. The molecule has 6 heteroatoms. The maximum Gasteiger partial charge on any atom is 0.262 e. The Balaban J connectivity index is 2.52. The number of halogens is 1. The van der Waals surface area contributed by atoms with Crippen LogP contribution in [0.25, 0.3) is 0 Å². The summed E-state index contributed by atoms with van der Waals surface area (Å²) < 4.78 is 34.2. The third-order valence-corrected chi connectivity index (χ3v) is 5.76. The fraction of sp³-hybridized carbons (Fsp3) is 0.294. The van der Waals surface area contributed by atoms with E-state index in [1.54, 1.807) is 44.4 Å². The van der Waals surface area contributed by atoms with E-state index in [0.717, 1.165) is 5.56 Å². The molecule has 0 heterocycles. The number of hydrogen-bond acceptors (Lipinski definition) is 3. The summed E-state index contributed by atoms with van der Waals surface area (Å²) in [5, 5.41) is 0. The number of sulfonamides is 1. The van der Waals surface area contributed by atoms with Crippen LogP contribution in [-0.2, 0) is 10.0 Å². The Morgan fingerprint density at radius 3 is 2.39 bits per heavy atom. The molecule has 0 bridgehead atoms. The zero-order chi connectivity index (χ0) is 17.2. The van der Waals surface area contributed by atoms with Crippen molar-refractivity contribution >= 4 is 31.6 Å². The first kappa shape index (κ1) is 17.8. The highest BCUT2D eigenvalue weighted by Gasteiger charge is 2.21. The summed E-state index contributed by atoms with van der Waals surface area (Å²) in [6, 6.07) is 10.6. The highest BCUT2D eigenvalue weighted by atomic mass is 79.9. The number of rotatable bonds is 5. The summed E-state index contributed by atoms with van der Waals surface area (Å²) in [7, 11) is -2.09. The van der Waals surface area contributed by atoms with E-state index in [1.807, 2.05) is 19.9 Å². The predicted molar refractivity (Wildman–Crippen MR) is 96.8 cm³/mol. The molecule has 0 radical (unpaired) electrons. The van der Waals surface area contributed by atoms with Crippen LogP contribution in [0.3, 0.4) is 0 Å². The Hall–Kier alpha value is -1.53. The third kappa shape index (κ3) is 3.87. The first-order valence-corrected chi connectivity index (χ1v) is 9.49. The van der Waals surface area contributed by atoms with E-state index < -0.39 is 10.0 Å². The number of methoxy groups -OCH3 is 1. The largest absolute Gasteiger partial charge is 0.496 e. The van der Waals surface area contributed by atoms with E-state index in [4.69, 9.17) is 4.74 Å². The van der Waals surface area contributed by atoms with Gasteiger partial charge >= 0.3 is 0 Å². The van der Waals surface area contributed by atoms with Gasteiger partial charge in [-0.25, -0.2) is 8.42 Å². The van der Waals surface area contributed by atoms with Gasteiger partial charge in [0, 0.05) is 4.47 Å². The second kappa shape index (κ2) is 6.93. The van der Waals surface area contributed by atoms with Crippen LogP contribution in [0, 0.1) is 6.92 Å². The van der Waals surface area contributed by atoms with Gasteiger partial charge in [0.1, 0.15) is 5.75 Å². The van der Waals surface area contributed by atoms with Crippen molar-refractivity contribution in [2.75, 3.05) is 11.8 Å². The van der Waals surface area contributed by atoms with E-state index in [-0.39, 0.29) is 10.8 Å². The second-order valence-electron chi connectivity index (χ2n) is 5.60. The minimum absolute atomic E-state index is 0.156. The van der Waals surface area contributed by atoms with Gasteiger partial charge in [0.2, 0.25) is 0 Å². The van der Waals surface area contributed by atoms with Crippen LogP contribution in [-0.4, -0.2) is 15.5 Å². The molecule has 124 valence electrons. The molecule has 0 aromatic heterocycles. The molecule has 0 aliphatic carbocycles. The molecule has 0 unspecified atom stereocenters. The van der Waals surface area contributed by atoms with Crippen LogP contribution in [0.1, 0.15) is 30.9 Å². The van der Waals surface area contributed by atoms with Crippen molar-refractivity contribution in [1.29, 1.82) is 0 Å². The molecule has 0 saturated carbocycles. The fourth-order valence-corrected chi connectivity index (χ4v) is 4.20. The number of aryl methyl sites for hydroxylation is 1. The molecule has 2 aromatic rings. The SMILES string of the molecule is COc1cc(C)c(S(=O)(=O)Nc2ccccc2Br)cc1C(C)C. The number of benzene rings is 2. The zero-order valence-electron chi connectivity index (χ0n) is 13.6. The van der Waals surface area contributed by atoms with Crippen LogP contribution < -0.4 is 9.46 Å².